The number of halogens is 3. The Morgan fingerprint density at radius 3 is 2.41 bits per heavy atom. The summed E-state index contributed by atoms with van der Waals surface area (Å²) in [6.07, 6.45) is 1.41. The van der Waals surface area contributed by atoms with Gasteiger partial charge in [0.25, 0.3) is 0 Å². The van der Waals surface area contributed by atoms with E-state index in [4.69, 9.17) is 0 Å². The summed E-state index contributed by atoms with van der Waals surface area (Å²) in [5.41, 5.74) is -0.00923. The monoisotopic (exact) mass is 243 g/mol. The van der Waals surface area contributed by atoms with Crippen molar-refractivity contribution < 1.29 is 13.2 Å². The van der Waals surface area contributed by atoms with Crippen molar-refractivity contribution in [3.63, 3.8) is 0 Å². The van der Waals surface area contributed by atoms with E-state index >= 15 is 0 Å². The molecule has 0 aromatic heterocycles. The SMILES string of the molecule is FC(F)(F)c1cccc(NC2CCCCC2)c1. The van der Waals surface area contributed by atoms with Crippen molar-refractivity contribution in [2.75, 3.05) is 5.32 Å². The van der Waals surface area contributed by atoms with Crippen LogP contribution < -0.4 is 5.32 Å². The predicted molar refractivity (Wildman–Crippen MR) is 61.9 cm³/mol. The van der Waals surface area contributed by atoms with Crippen LogP contribution in [0.1, 0.15) is 37.7 Å². The van der Waals surface area contributed by atoms with Crippen LogP contribution in [0.25, 0.3) is 0 Å². The van der Waals surface area contributed by atoms with Crippen molar-refractivity contribution in [3.8, 4) is 0 Å². The molecule has 1 aliphatic rings. The van der Waals surface area contributed by atoms with Crippen LogP contribution in [0.3, 0.4) is 0 Å². The van der Waals surface area contributed by atoms with Crippen LogP contribution in [-0.4, -0.2) is 6.04 Å². The van der Waals surface area contributed by atoms with Gasteiger partial charge in [-0.3, -0.25) is 0 Å². The van der Waals surface area contributed by atoms with Crippen molar-refractivity contribution in [3.05, 3.63) is 29.8 Å². The standard InChI is InChI=1S/C13H16F3N/c14-13(15,16)10-5-4-8-12(9-10)17-11-6-2-1-3-7-11/h4-5,8-9,11,17H,1-3,6-7H2. The largest absolute Gasteiger partial charge is 0.416 e. The van der Waals surface area contributed by atoms with E-state index in [1.54, 1.807) is 6.07 Å². The molecule has 4 heteroatoms. The molecule has 1 aromatic carbocycles. The Bertz CT molecular complexity index is 367. The van der Waals surface area contributed by atoms with Gasteiger partial charge in [-0.1, -0.05) is 25.3 Å². The second kappa shape index (κ2) is 4.98. The molecule has 1 aliphatic carbocycles. The predicted octanol–water partition coefficient (Wildman–Crippen LogP) is 4.45. The Balaban J connectivity index is 2.05. The highest BCUT2D eigenvalue weighted by atomic mass is 19.4. The summed E-state index contributed by atoms with van der Waals surface area (Å²) >= 11 is 0. The smallest absolute Gasteiger partial charge is 0.382 e. The number of rotatable bonds is 2. The van der Waals surface area contributed by atoms with E-state index in [-0.39, 0.29) is 0 Å². The first kappa shape index (κ1) is 12.3. The van der Waals surface area contributed by atoms with Crippen LogP contribution >= 0.6 is 0 Å². The molecule has 2 rings (SSSR count). The average Bonchev–Trinajstić information content (AvgIpc) is 2.29. The second-order valence-corrected chi connectivity index (χ2v) is 4.56. The molecule has 17 heavy (non-hydrogen) atoms. The minimum Gasteiger partial charge on any atom is -0.382 e. The Morgan fingerprint density at radius 2 is 1.76 bits per heavy atom. The number of alkyl halides is 3. The maximum absolute atomic E-state index is 12.5. The van der Waals surface area contributed by atoms with Crippen LogP contribution in [0.2, 0.25) is 0 Å². The lowest BCUT2D eigenvalue weighted by atomic mass is 9.95. The van der Waals surface area contributed by atoms with Crippen LogP contribution in [0.15, 0.2) is 24.3 Å². The summed E-state index contributed by atoms with van der Waals surface area (Å²) in [6.45, 7) is 0. The molecule has 0 radical (unpaired) electrons. The van der Waals surface area contributed by atoms with Gasteiger partial charge in [0.05, 0.1) is 5.56 Å². The highest BCUT2D eigenvalue weighted by Crippen LogP contribution is 2.31. The summed E-state index contributed by atoms with van der Waals surface area (Å²) in [7, 11) is 0. The molecule has 0 spiro atoms. The van der Waals surface area contributed by atoms with E-state index in [0.29, 0.717) is 11.7 Å². The Kier molecular flexibility index (Phi) is 3.60. The summed E-state index contributed by atoms with van der Waals surface area (Å²) in [5.74, 6) is 0. The zero-order chi connectivity index (χ0) is 12.3. The maximum atomic E-state index is 12.5. The van der Waals surface area contributed by atoms with E-state index < -0.39 is 11.7 Å². The maximum Gasteiger partial charge on any atom is 0.416 e. The molecule has 1 N–H and O–H groups in total. The molecule has 1 aromatic rings. The summed E-state index contributed by atoms with van der Waals surface area (Å²) in [4.78, 5) is 0. The second-order valence-electron chi connectivity index (χ2n) is 4.56. The lowest BCUT2D eigenvalue weighted by Crippen LogP contribution is -2.22. The molecule has 1 nitrogen and oxygen atoms in total. The first-order valence-electron chi connectivity index (χ1n) is 5.99. The third-order valence-electron chi connectivity index (χ3n) is 3.17. The van der Waals surface area contributed by atoms with Gasteiger partial charge in [-0.2, -0.15) is 13.2 Å². The van der Waals surface area contributed by atoms with Gasteiger partial charge >= 0.3 is 6.18 Å². The van der Waals surface area contributed by atoms with Crippen molar-refractivity contribution in [1.29, 1.82) is 0 Å². The highest BCUT2D eigenvalue weighted by molar-refractivity contribution is 5.47. The molecule has 0 unspecified atom stereocenters. The third kappa shape index (κ3) is 3.38. The van der Waals surface area contributed by atoms with Crippen LogP contribution in [0.4, 0.5) is 18.9 Å². The molecule has 0 atom stereocenters. The van der Waals surface area contributed by atoms with Crippen LogP contribution in [0.5, 0.6) is 0 Å². The van der Waals surface area contributed by atoms with E-state index in [1.807, 2.05) is 0 Å². The zero-order valence-electron chi connectivity index (χ0n) is 9.56. The topological polar surface area (TPSA) is 12.0 Å². The molecule has 1 fully saturated rings. The van der Waals surface area contributed by atoms with Gasteiger partial charge < -0.3 is 5.32 Å². The van der Waals surface area contributed by atoms with Crippen molar-refractivity contribution >= 4 is 5.69 Å². The Morgan fingerprint density at radius 1 is 1.06 bits per heavy atom. The molecule has 1 saturated carbocycles. The lowest BCUT2D eigenvalue weighted by Gasteiger charge is -2.24. The van der Waals surface area contributed by atoms with E-state index in [0.717, 1.165) is 31.7 Å². The first-order valence-corrected chi connectivity index (χ1v) is 5.99. The highest BCUT2D eigenvalue weighted by Gasteiger charge is 2.30. The van der Waals surface area contributed by atoms with Gasteiger partial charge in [0.1, 0.15) is 0 Å². The van der Waals surface area contributed by atoms with Gasteiger partial charge in [-0.25, -0.2) is 0 Å². The van der Waals surface area contributed by atoms with Crippen molar-refractivity contribution in [2.24, 2.45) is 0 Å². The molecular formula is C13H16F3N. The first-order chi connectivity index (χ1) is 8.05. The lowest BCUT2D eigenvalue weighted by molar-refractivity contribution is -0.137. The van der Waals surface area contributed by atoms with Gasteiger partial charge in [-0.05, 0) is 31.0 Å². The van der Waals surface area contributed by atoms with Crippen molar-refractivity contribution in [2.45, 2.75) is 44.3 Å². The average molecular weight is 243 g/mol. The number of anilines is 1. The fourth-order valence-corrected chi connectivity index (χ4v) is 2.27. The van der Waals surface area contributed by atoms with E-state index in [9.17, 15) is 13.2 Å². The van der Waals surface area contributed by atoms with Crippen LogP contribution in [0, 0.1) is 0 Å². The van der Waals surface area contributed by atoms with E-state index in [1.165, 1.54) is 18.6 Å². The third-order valence-corrected chi connectivity index (χ3v) is 3.17. The Labute approximate surface area is 99.0 Å². The number of hydrogen-bond donors (Lipinski definition) is 1. The molecule has 0 heterocycles. The fourth-order valence-electron chi connectivity index (χ4n) is 2.27. The van der Waals surface area contributed by atoms with Gasteiger partial charge in [0.15, 0.2) is 0 Å². The molecule has 94 valence electrons. The fraction of sp³-hybridized carbons (Fsp3) is 0.538. The van der Waals surface area contributed by atoms with Crippen LogP contribution in [-0.2, 0) is 6.18 Å². The molecular weight excluding hydrogens is 227 g/mol. The zero-order valence-corrected chi connectivity index (χ0v) is 9.56. The minimum absolute atomic E-state index is 0.326. The quantitative estimate of drug-likeness (QED) is 0.809. The van der Waals surface area contributed by atoms with Crippen molar-refractivity contribution in [1.82, 2.24) is 0 Å². The normalized spacial score (nSPS) is 18.1. The molecule has 0 aliphatic heterocycles. The van der Waals surface area contributed by atoms with Gasteiger partial charge in [0, 0.05) is 11.7 Å². The van der Waals surface area contributed by atoms with Gasteiger partial charge in [0.2, 0.25) is 0 Å². The Hall–Kier alpha value is -1.19. The summed E-state index contributed by atoms with van der Waals surface area (Å²) in [6, 6.07) is 5.77. The number of benzene rings is 1. The molecule has 0 saturated heterocycles. The minimum atomic E-state index is -4.26. The molecule has 0 amide bonds. The molecule has 0 bridgehead atoms. The number of hydrogen-bond acceptors (Lipinski definition) is 1. The van der Waals surface area contributed by atoms with Gasteiger partial charge in [-0.15, -0.1) is 0 Å². The number of nitrogens with one attached hydrogen (secondary N) is 1. The summed E-state index contributed by atoms with van der Waals surface area (Å²) < 4.78 is 37.6. The van der Waals surface area contributed by atoms with E-state index in [2.05, 4.69) is 5.32 Å². The summed E-state index contributed by atoms with van der Waals surface area (Å²) in [5, 5.41) is 3.19.